The third kappa shape index (κ3) is 6.90. The summed E-state index contributed by atoms with van der Waals surface area (Å²) in [4.78, 5) is 4.32. The molecule has 2 heterocycles. The first-order chi connectivity index (χ1) is 30.7. The van der Waals surface area contributed by atoms with E-state index in [0.717, 1.165) is 99.5 Å². The zero-order valence-electron chi connectivity index (χ0n) is 36.6. The Kier molecular flexibility index (Phi) is 8.97. The van der Waals surface area contributed by atoms with Crippen LogP contribution in [0.5, 0.6) is 0 Å². The second-order valence-electron chi connectivity index (χ2n) is 19.0. The fourth-order valence-electron chi connectivity index (χ4n) is 9.08. The fraction of sp³-hybridized carbons (Fsp3) is 0.138. The van der Waals surface area contributed by atoms with Gasteiger partial charge in [0.1, 0.15) is 34.0 Å². The molecule has 0 N–H and O–H groups in total. The van der Waals surface area contributed by atoms with Gasteiger partial charge >= 0.3 is 0 Å². The van der Waals surface area contributed by atoms with E-state index in [-0.39, 0.29) is 22.5 Å². The third-order valence-electron chi connectivity index (χ3n) is 12.6. The Hall–Kier alpha value is -7.44. The number of hydrogen-bond donors (Lipinski definition) is 0. The maximum absolute atomic E-state index is 14.1. The Morgan fingerprint density at radius 3 is 0.953 bits per heavy atom. The smallest absolute Gasteiger partial charge is 0.136 e. The topological polar surface area (TPSA) is 32.8 Å². The van der Waals surface area contributed by atoms with Crippen LogP contribution in [0, 0.1) is 11.6 Å². The van der Waals surface area contributed by atoms with Gasteiger partial charge in [-0.3, -0.25) is 0 Å². The number of rotatable bonds is 6. The maximum atomic E-state index is 14.1. The van der Waals surface area contributed by atoms with Crippen LogP contribution < -0.4 is 9.80 Å². The van der Waals surface area contributed by atoms with Crippen LogP contribution >= 0.6 is 0 Å². The van der Waals surface area contributed by atoms with E-state index in [4.69, 9.17) is 8.83 Å². The van der Waals surface area contributed by atoms with Crippen molar-refractivity contribution in [2.45, 2.75) is 52.4 Å². The molecule has 0 amide bonds. The number of fused-ring (bicyclic) bond motifs is 8. The summed E-state index contributed by atoms with van der Waals surface area (Å²) in [6, 6.07) is 56.1. The molecular formula is C58H46F2N2O2. The zero-order chi connectivity index (χ0) is 44.1. The first-order valence-electron chi connectivity index (χ1n) is 21.8. The van der Waals surface area contributed by atoms with E-state index >= 15 is 0 Å². The van der Waals surface area contributed by atoms with Gasteiger partial charge in [0.25, 0.3) is 0 Å². The van der Waals surface area contributed by atoms with E-state index in [1.807, 2.05) is 24.3 Å². The van der Waals surface area contributed by atoms with E-state index in [1.54, 1.807) is 0 Å². The molecule has 314 valence electrons. The van der Waals surface area contributed by atoms with Gasteiger partial charge in [-0.2, -0.15) is 0 Å². The minimum Gasteiger partial charge on any atom is -0.456 e. The molecule has 0 unspecified atom stereocenters. The first kappa shape index (κ1) is 39.4. The molecule has 2 aromatic heterocycles. The van der Waals surface area contributed by atoms with E-state index in [1.165, 1.54) is 35.4 Å². The van der Waals surface area contributed by atoms with Crippen molar-refractivity contribution in [2.24, 2.45) is 0 Å². The molecule has 6 heteroatoms. The summed E-state index contributed by atoms with van der Waals surface area (Å²) in [6.45, 7) is 13.2. The van der Waals surface area contributed by atoms with Crippen LogP contribution in [0.25, 0.3) is 65.4 Å². The van der Waals surface area contributed by atoms with E-state index in [0.29, 0.717) is 0 Å². The molecule has 9 aromatic carbocycles. The molecule has 0 radical (unpaired) electrons. The highest BCUT2D eigenvalue weighted by Gasteiger charge is 2.21. The van der Waals surface area contributed by atoms with Crippen molar-refractivity contribution in [3.8, 4) is 0 Å². The SMILES string of the molecule is CC(C)(C)c1ccc(N(c2ccc(F)cc2)c2ccc3cc4c(cc3c2)oc2cc3c(cc24)oc2cc4cc(N(c5ccc(F)cc5)c5ccc(C(C)(C)C)cc5)ccc4cc23)cc1. The van der Waals surface area contributed by atoms with Gasteiger partial charge in [0.15, 0.2) is 0 Å². The lowest BCUT2D eigenvalue weighted by molar-refractivity contribution is 0.590. The third-order valence-corrected chi connectivity index (χ3v) is 12.6. The standard InChI is InChI=1S/C58H46F2N2O2/c1-57(2,3)39-9-19-43(20-10-39)61(45-23-13-41(59)14-24-45)47-17-7-35-29-49-51-33-56-52(34-55(51)63-53(49)31-37(35)27-47)50-30-36-8-18-48(28-38(36)32-54(50)64-56)62(46-25-15-42(60)16-26-46)44-21-11-40(12-22-44)58(4,5)6/h7-34H,1-6H3. The summed E-state index contributed by atoms with van der Waals surface area (Å²) in [5, 5.41) is 8.20. The predicted molar refractivity (Wildman–Crippen MR) is 263 cm³/mol. The van der Waals surface area contributed by atoms with E-state index in [9.17, 15) is 8.78 Å². The number of nitrogens with zero attached hydrogens (tertiary/aromatic N) is 2. The average molecular weight is 841 g/mol. The highest BCUT2D eigenvalue weighted by atomic mass is 19.1. The largest absolute Gasteiger partial charge is 0.456 e. The molecule has 64 heavy (non-hydrogen) atoms. The van der Waals surface area contributed by atoms with Crippen molar-refractivity contribution in [1.82, 2.24) is 0 Å². The van der Waals surface area contributed by atoms with Crippen molar-refractivity contribution < 1.29 is 17.6 Å². The zero-order valence-corrected chi connectivity index (χ0v) is 36.6. The lowest BCUT2D eigenvalue weighted by Gasteiger charge is -2.27. The maximum Gasteiger partial charge on any atom is 0.136 e. The molecule has 0 atom stereocenters. The summed E-state index contributed by atoms with van der Waals surface area (Å²) in [5.41, 5.74) is 11.3. The molecule has 0 saturated heterocycles. The highest BCUT2D eigenvalue weighted by Crippen LogP contribution is 2.43. The van der Waals surface area contributed by atoms with Crippen LogP contribution in [0.1, 0.15) is 52.7 Å². The van der Waals surface area contributed by atoms with Gasteiger partial charge in [-0.1, -0.05) is 77.9 Å². The van der Waals surface area contributed by atoms with E-state index < -0.39 is 0 Å². The highest BCUT2D eigenvalue weighted by molar-refractivity contribution is 6.18. The lowest BCUT2D eigenvalue weighted by atomic mass is 9.87. The second-order valence-corrected chi connectivity index (χ2v) is 19.0. The molecule has 0 aliphatic rings. The molecule has 4 nitrogen and oxygen atoms in total. The quantitative estimate of drug-likeness (QED) is 0.167. The van der Waals surface area contributed by atoms with Crippen LogP contribution in [0.4, 0.5) is 42.9 Å². The van der Waals surface area contributed by atoms with Gasteiger partial charge in [-0.25, -0.2) is 8.78 Å². The van der Waals surface area contributed by atoms with Crippen molar-refractivity contribution >= 4 is 99.5 Å². The minimum atomic E-state index is -0.273. The van der Waals surface area contributed by atoms with Crippen molar-refractivity contribution in [1.29, 1.82) is 0 Å². The summed E-state index contributed by atoms with van der Waals surface area (Å²) < 4.78 is 41.5. The number of anilines is 6. The van der Waals surface area contributed by atoms with Crippen LogP contribution in [0.2, 0.25) is 0 Å². The normalized spacial score (nSPS) is 12.4. The van der Waals surface area contributed by atoms with Crippen molar-refractivity contribution in [3.63, 3.8) is 0 Å². The molecule has 0 fully saturated rings. The van der Waals surface area contributed by atoms with Crippen LogP contribution in [0.3, 0.4) is 0 Å². The Balaban J connectivity index is 0.977. The van der Waals surface area contributed by atoms with Crippen LogP contribution in [0.15, 0.2) is 179 Å². The number of furan rings is 2. The average Bonchev–Trinajstić information content (AvgIpc) is 3.80. The van der Waals surface area contributed by atoms with Gasteiger partial charge in [0.05, 0.1) is 0 Å². The minimum absolute atomic E-state index is 0.0201. The lowest BCUT2D eigenvalue weighted by Crippen LogP contribution is -2.13. The molecule has 0 bridgehead atoms. The van der Waals surface area contributed by atoms with Gasteiger partial charge in [0, 0.05) is 55.7 Å². The number of halogens is 2. The summed E-state index contributed by atoms with van der Waals surface area (Å²) in [7, 11) is 0. The van der Waals surface area contributed by atoms with Gasteiger partial charge in [0.2, 0.25) is 0 Å². The predicted octanol–water partition coefficient (Wildman–Crippen LogP) is 17.6. The number of hydrogen-bond acceptors (Lipinski definition) is 4. The Morgan fingerprint density at radius 2 is 0.609 bits per heavy atom. The van der Waals surface area contributed by atoms with Crippen LogP contribution in [-0.4, -0.2) is 0 Å². The first-order valence-corrected chi connectivity index (χ1v) is 21.8. The Morgan fingerprint density at radius 1 is 0.312 bits per heavy atom. The Labute approximate surface area is 370 Å². The van der Waals surface area contributed by atoms with Crippen molar-refractivity contribution in [3.05, 3.63) is 193 Å². The van der Waals surface area contributed by atoms with Gasteiger partial charge in [-0.15, -0.1) is 0 Å². The monoisotopic (exact) mass is 840 g/mol. The molecule has 11 rings (SSSR count). The van der Waals surface area contributed by atoms with Crippen molar-refractivity contribution in [2.75, 3.05) is 9.80 Å². The summed E-state index contributed by atoms with van der Waals surface area (Å²) >= 11 is 0. The molecule has 0 saturated carbocycles. The molecule has 0 spiro atoms. The summed E-state index contributed by atoms with van der Waals surface area (Å²) in [6.07, 6.45) is 0. The summed E-state index contributed by atoms with van der Waals surface area (Å²) in [5.74, 6) is -0.547. The number of benzene rings is 9. The molecular weight excluding hydrogens is 795 g/mol. The van der Waals surface area contributed by atoms with E-state index in [2.05, 4.69) is 173 Å². The fourth-order valence-corrected chi connectivity index (χ4v) is 9.08. The molecule has 0 aliphatic heterocycles. The van der Waals surface area contributed by atoms with Gasteiger partial charge in [-0.05, 0) is 177 Å². The second kappa shape index (κ2) is 14.6. The van der Waals surface area contributed by atoms with Gasteiger partial charge < -0.3 is 18.6 Å². The Bertz CT molecular complexity index is 3330. The van der Waals surface area contributed by atoms with Crippen LogP contribution in [-0.2, 0) is 10.8 Å². The molecule has 0 aliphatic carbocycles. The molecule has 11 aromatic rings.